The van der Waals surface area contributed by atoms with E-state index in [0.717, 1.165) is 31.6 Å². The van der Waals surface area contributed by atoms with E-state index >= 15 is 0 Å². The molecule has 0 amide bonds. The van der Waals surface area contributed by atoms with Crippen molar-refractivity contribution < 1.29 is 9.18 Å². The third kappa shape index (κ3) is 3.81. The normalized spacial score (nSPS) is 10.9. The molecule has 112 valence electrons. The molecule has 0 saturated carbocycles. The molecule has 1 aromatic rings. The molecule has 20 heavy (non-hydrogen) atoms. The summed E-state index contributed by atoms with van der Waals surface area (Å²) in [6.07, 6.45) is 2.23. The van der Waals surface area contributed by atoms with E-state index in [9.17, 15) is 9.18 Å². The van der Waals surface area contributed by atoms with Gasteiger partial charge >= 0.3 is 0 Å². The molecule has 0 heterocycles. The van der Waals surface area contributed by atoms with Gasteiger partial charge < -0.3 is 4.90 Å². The van der Waals surface area contributed by atoms with Gasteiger partial charge in [0.25, 0.3) is 0 Å². The highest BCUT2D eigenvalue weighted by Crippen LogP contribution is 2.26. The summed E-state index contributed by atoms with van der Waals surface area (Å²) in [5.74, 6) is 0.208. The maximum atomic E-state index is 13.7. The molecule has 0 aliphatic rings. The Labute approximate surface area is 122 Å². The number of ketones is 1. The average Bonchev–Trinajstić information content (AvgIpc) is 2.43. The molecular formula is C17H26FNO. The highest BCUT2D eigenvalue weighted by Gasteiger charge is 2.18. The fourth-order valence-electron chi connectivity index (χ4n) is 2.47. The number of aryl methyl sites for hydroxylation is 1. The molecule has 3 heteroatoms. The van der Waals surface area contributed by atoms with Crippen LogP contribution < -0.4 is 4.90 Å². The van der Waals surface area contributed by atoms with Crippen LogP contribution in [0.4, 0.5) is 10.1 Å². The van der Waals surface area contributed by atoms with E-state index in [-0.39, 0.29) is 11.6 Å². The number of carbonyl (C=O) groups is 1. The number of rotatable bonds is 7. The second-order valence-corrected chi connectivity index (χ2v) is 5.40. The van der Waals surface area contributed by atoms with E-state index in [1.807, 2.05) is 0 Å². The number of hydrogen-bond acceptors (Lipinski definition) is 2. The van der Waals surface area contributed by atoms with E-state index in [1.165, 1.54) is 13.0 Å². The summed E-state index contributed by atoms with van der Waals surface area (Å²) in [6, 6.07) is 3.18. The molecule has 0 aliphatic carbocycles. The molecule has 0 N–H and O–H groups in total. The van der Waals surface area contributed by atoms with Crippen molar-refractivity contribution in [2.75, 3.05) is 18.0 Å². The first kappa shape index (κ1) is 16.7. The van der Waals surface area contributed by atoms with Crippen LogP contribution in [0.15, 0.2) is 12.1 Å². The topological polar surface area (TPSA) is 20.3 Å². The first-order valence-electron chi connectivity index (χ1n) is 7.50. The van der Waals surface area contributed by atoms with E-state index < -0.39 is 0 Å². The number of carbonyl (C=O) groups excluding carboxylic acids is 1. The number of Topliss-reactive ketones (excluding diaryl/α,β-unsaturated/α-hetero) is 1. The minimum atomic E-state index is -0.308. The SMILES string of the molecule is CCC(CC)CN(CC)c1cc(C)c(F)cc1C(C)=O. The predicted molar refractivity (Wildman–Crippen MR) is 83.1 cm³/mol. The van der Waals surface area contributed by atoms with Crippen molar-refractivity contribution >= 4 is 11.5 Å². The van der Waals surface area contributed by atoms with E-state index in [2.05, 4.69) is 25.7 Å². The van der Waals surface area contributed by atoms with Crippen molar-refractivity contribution in [3.63, 3.8) is 0 Å². The lowest BCUT2D eigenvalue weighted by atomic mass is 10.00. The summed E-state index contributed by atoms with van der Waals surface area (Å²) < 4.78 is 13.7. The number of benzene rings is 1. The van der Waals surface area contributed by atoms with Gasteiger partial charge in [-0.05, 0) is 44.4 Å². The Morgan fingerprint density at radius 3 is 2.30 bits per heavy atom. The van der Waals surface area contributed by atoms with E-state index in [1.54, 1.807) is 13.0 Å². The Morgan fingerprint density at radius 1 is 1.25 bits per heavy atom. The minimum absolute atomic E-state index is 0.0816. The predicted octanol–water partition coefficient (Wildman–Crippen LogP) is 4.60. The van der Waals surface area contributed by atoms with Crippen LogP contribution in [0.5, 0.6) is 0 Å². The van der Waals surface area contributed by atoms with Crippen LogP contribution >= 0.6 is 0 Å². The molecule has 0 aliphatic heterocycles. The summed E-state index contributed by atoms with van der Waals surface area (Å²) in [4.78, 5) is 14.0. The van der Waals surface area contributed by atoms with Crippen molar-refractivity contribution in [1.29, 1.82) is 0 Å². The molecule has 0 aromatic heterocycles. The van der Waals surface area contributed by atoms with Gasteiger partial charge in [0, 0.05) is 24.3 Å². The number of nitrogens with zero attached hydrogens (tertiary/aromatic N) is 1. The first-order chi connectivity index (χ1) is 9.44. The van der Waals surface area contributed by atoms with Gasteiger partial charge in [-0.15, -0.1) is 0 Å². The number of halogens is 1. The smallest absolute Gasteiger partial charge is 0.161 e. The van der Waals surface area contributed by atoms with Crippen molar-refractivity contribution in [2.45, 2.75) is 47.5 Å². The zero-order valence-electron chi connectivity index (χ0n) is 13.3. The minimum Gasteiger partial charge on any atom is -0.371 e. The fourth-order valence-corrected chi connectivity index (χ4v) is 2.47. The molecule has 0 bridgehead atoms. The Hall–Kier alpha value is -1.38. The molecule has 0 atom stereocenters. The lowest BCUT2D eigenvalue weighted by Gasteiger charge is -2.29. The highest BCUT2D eigenvalue weighted by atomic mass is 19.1. The van der Waals surface area contributed by atoms with Crippen LogP contribution in [0.3, 0.4) is 0 Å². The largest absolute Gasteiger partial charge is 0.371 e. The molecule has 0 fully saturated rings. The third-order valence-electron chi connectivity index (χ3n) is 4.01. The summed E-state index contributed by atoms with van der Waals surface area (Å²) in [7, 11) is 0. The highest BCUT2D eigenvalue weighted by molar-refractivity contribution is 5.99. The van der Waals surface area contributed by atoms with Crippen molar-refractivity contribution in [3.05, 3.63) is 29.1 Å². The van der Waals surface area contributed by atoms with Crippen LogP contribution in [-0.4, -0.2) is 18.9 Å². The van der Waals surface area contributed by atoms with Crippen LogP contribution in [0.25, 0.3) is 0 Å². The van der Waals surface area contributed by atoms with Crippen molar-refractivity contribution in [2.24, 2.45) is 5.92 Å². The maximum absolute atomic E-state index is 13.7. The van der Waals surface area contributed by atoms with Gasteiger partial charge in [0.1, 0.15) is 5.82 Å². The Kier molecular flexibility index (Phi) is 6.18. The Bertz CT molecular complexity index is 466. The number of anilines is 1. The average molecular weight is 279 g/mol. The van der Waals surface area contributed by atoms with Gasteiger partial charge in [-0.2, -0.15) is 0 Å². The third-order valence-corrected chi connectivity index (χ3v) is 4.01. The lowest BCUT2D eigenvalue weighted by Crippen LogP contribution is -2.30. The van der Waals surface area contributed by atoms with E-state index in [4.69, 9.17) is 0 Å². The molecular weight excluding hydrogens is 253 g/mol. The summed E-state index contributed by atoms with van der Waals surface area (Å²) in [6.45, 7) is 11.4. The maximum Gasteiger partial charge on any atom is 0.161 e. The molecule has 2 nitrogen and oxygen atoms in total. The molecule has 0 unspecified atom stereocenters. The zero-order chi connectivity index (χ0) is 15.3. The van der Waals surface area contributed by atoms with Crippen LogP contribution in [0.2, 0.25) is 0 Å². The molecule has 0 spiro atoms. The zero-order valence-corrected chi connectivity index (χ0v) is 13.3. The number of hydrogen-bond donors (Lipinski definition) is 0. The lowest BCUT2D eigenvalue weighted by molar-refractivity contribution is 0.101. The summed E-state index contributed by atoms with van der Waals surface area (Å²) in [5.41, 5.74) is 1.94. The van der Waals surface area contributed by atoms with Gasteiger partial charge in [0.15, 0.2) is 5.78 Å². The van der Waals surface area contributed by atoms with Crippen LogP contribution in [0, 0.1) is 18.7 Å². The fraction of sp³-hybridized carbons (Fsp3) is 0.588. The molecule has 0 saturated heterocycles. The molecule has 1 aromatic carbocycles. The quantitative estimate of drug-likeness (QED) is 0.680. The Balaban J connectivity index is 3.19. The van der Waals surface area contributed by atoms with Gasteiger partial charge in [-0.3, -0.25) is 4.79 Å². The standard InChI is InChI=1S/C17H26FNO/c1-6-14(7-2)11-19(8-3)17-9-12(4)16(18)10-15(17)13(5)20/h9-10,14H,6-8,11H2,1-5H3. The first-order valence-corrected chi connectivity index (χ1v) is 7.50. The molecule has 0 radical (unpaired) electrons. The van der Waals surface area contributed by atoms with E-state index in [0.29, 0.717) is 17.0 Å². The van der Waals surface area contributed by atoms with Crippen LogP contribution in [0.1, 0.15) is 56.5 Å². The molecule has 1 rings (SSSR count). The Morgan fingerprint density at radius 2 is 1.85 bits per heavy atom. The summed E-state index contributed by atoms with van der Waals surface area (Å²) >= 11 is 0. The van der Waals surface area contributed by atoms with Crippen molar-refractivity contribution in [3.8, 4) is 0 Å². The second kappa shape index (κ2) is 7.41. The monoisotopic (exact) mass is 279 g/mol. The second-order valence-electron chi connectivity index (χ2n) is 5.40. The van der Waals surface area contributed by atoms with Crippen LogP contribution in [-0.2, 0) is 0 Å². The van der Waals surface area contributed by atoms with Gasteiger partial charge in [0.2, 0.25) is 0 Å². The summed E-state index contributed by atoms with van der Waals surface area (Å²) in [5, 5.41) is 0. The van der Waals surface area contributed by atoms with Crippen molar-refractivity contribution in [1.82, 2.24) is 0 Å². The van der Waals surface area contributed by atoms with Gasteiger partial charge in [-0.1, -0.05) is 26.7 Å². The van der Waals surface area contributed by atoms with Gasteiger partial charge in [0.05, 0.1) is 0 Å². The van der Waals surface area contributed by atoms with Gasteiger partial charge in [-0.25, -0.2) is 4.39 Å².